The molecule has 0 aromatic carbocycles. The van der Waals surface area contributed by atoms with Gasteiger partial charge in [0.2, 0.25) is 0 Å². The fourth-order valence-corrected chi connectivity index (χ4v) is 2.59. The maximum absolute atomic E-state index is 10.9. The minimum atomic E-state index is 0.707. The van der Waals surface area contributed by atoms with Crippen LogP contribution in [0.25, 0.3) is 0 Å². The molecule has 0 N–H and O–H groups in total. The Morgan fingerprint density at radius 3 is 2.76 bits per heavy atom. The average molecular weight is 242 g/mol. The molecule has 1 nitrogen and oxygen atoms in total. The average Bonchev–Trinajstić information content (AvgIpc) is 2.64. The molecular formula is C15H14OS. The van der Waals surface area contributed by atoms with E-state index in [0.717, 1.165) is 17.6 Å². The van der Waals surface area contributed by atoms with E-state index in [1.54, 1.807) is 0 Å². The number of carbonyl (C=O) groups excluding carboxylic acids is 1. The van der Waals surface area contributed by atoms with Gasteiger partial charge in [-0.1, -0.05) is 43.4 Å². The molecular weight excluding hydrogens is 228 g/mol. The Balaban J connectivity index is 2.45. The largest absolute Gasteiger partial charge is 0.298 e. The first kappa shape index (κ1) is 11.9. The topological polar surface area (TPSA) is 17.1 Å². The van der Waals surface area contributed by atoms with Crippen molar-refractivity contribution in [3.63, 3.8) is 0 Å². The molecule has 0 unspecified atom stereocenters. The van der Waals surface area contributed by atoms with Crippen molar-refractivity contribution in [2.24, 2.45) is 0 Å². The van der Waals surface area contributed by atoms with Crippen LogP contribution in [0.4, 0.5) is 0 Å². The molecule has 2 aliphatic rings. The lowest BCUT2D eigenvalue weighted by Gasteiger charge is -2.09. The second kappa shape index (κ2) is 5.69. The summed E-state index contributed by atoms with van der Waals surface area (Å²) in [6.45, 7) is 2.14. The van der Waals surface area contributed by atoms with Gasteiger partial charge in [0.1, 0.15) is 6.29 Å². The fourth-order valence-electron chi connectivity index (χ4n) is 1.77. The molecule has 2 aliphatic carbocycles. The summed E-state index contributed by atoms with van der Waals surface area (Å²) >= 11 is 1.82. The second-order valence-electron chi connectivity index (χ2n) is 3.67. The fraction of sp³-hybridized carbons (Fsp3) is 0.133. The number of fused-ring (bicyclic) bond motifs is 1. The van der Waals surface area contributed by atoms with E-state index in [-0.39, 0.29) is 0 Å². The Morgan fingerprint density at radius 2 is 2.00 bits per heavy atom. The summed E-state index contributed by atoms with van der Waals surface area (Å²) < 4.78 is 0. The van der Waals surface area contributed by atoms with Gasteiger partial charge in [-0.15, -0.1) is 11.8 Å². The van der Waals surface area contributed by atoms with Crippen molar-refractivity contribution in [3.8, 4) is 0 Å². The first-order valence-electron chi connectivity index (χ1n) is 5.62. The van der Waals surface area contributed by atoms with Gasteiger partial charge < -0.3 is 0 Å². The highest BCUT2D eigenvalue weighted by Crippen LogP contribution is 2.33. The highest BCUT2D eigenvalue weighted by Gasteiger charge is 2.11. The van der Waals surface area contributed by atoms with Crippen LogP contribution in [-0.2, 0) is 4.79 Å². The summed E-state index contributed by atoms with van der Waals surface area (Å²) in [6.07, 6.45) is 16.9. The van der Waals surface area contributed by atoms with Crippen molar-refractivity contribution in [2.45, 2.75) is 6.92 Å². The minimum absolute atomic E-state index is 0.707. The standard InChI is InChI=1S/C15H14OS/c1-2-17-15-9-4-3-7-13-10-12(11-16)6-5-8-14(13)15/h3-11H,2H2,1H3. The molecule has 2 heteroatoms. The van der Waals surface area contributed by atoms with Crippen molar-refractivity contribution < 1.29 is 4.79 Å². The summed E-state index contributed by atoms with van der Waals surface area (Å²) in [5, 5.41) is 0. The molecule has 0 spiro atoms. The summed E-state index contributed by atoms with van der Waals surface area (Å²) in [5.41, 5.74) is 2.99. The van der Waals surface area contributed by atoms with Crippen LogP contribution in [0.5, 0.6) is 0 Å². The second-order valence-corrected chi connectivity index (χ2v) is 4.98. The molecule has 0 amide bonds. The zero-order valence-electron chi connectivity index (χ0n) is 9.72. The Bertz CT molecular complexity index is 499. The molecule has 0 aromatic heterocycles. The van der Waals surface area contributed by atoms with E-state index < -0.39 is 0 Å². The highest BCUT2D eigenvalue weighted by molar-refractivity contribution is 8.03. The molecule has 0 atom stereocenters. The lowest BCUT2D eigenvalue weighted by Crippen LogP contribution is -1.90. The van der Waals surface area contributed by atoms with E-state index in [1.807, 2.05) is 48.2 Å². The van der Waals surface area contributed by atoms with Crippen LogP contribution in [0.1, 0.15) is 6.92 Å². The van der Waals surface area contributed by atoms with Crippen LogP contribution in [0.15, 0.2) is 70.2 Å². The van der Waals surface area contributed by atoms with E-state index in [4.69, 9.17) is 0 Å². The van der Waals surface area contributed by atoms with Crippen molar-refractivity contribution in [2.75, 3.05) is 5.75 Å². The predicted octanol–water partition coefficient (Wildman–Crippen LogP) is 3.74. The molecule has 17 heavy (non-hydrogen) atoms. The van der Waals surface area contributed by atoms with Gasteiger partial charge in [0, 0.05) is 10.5 Å². The van der Waals surface area contributed by atoms with Crippen LogP contribution in [-0.4, -0.2) is 12.0 Å². The zero-order chi connectivity index (χ0) is 12.1. The van der Waals surface area contributed by atoms with Crippen LogP contribution in [0.3, 0.4) is 0 Å². The summed E-state index contributed by atoms with van der Waals surface area (Å²) in [7, 11) is 0. The first-order valence-corrected chi connectivity index (χ1v) is 6.61. The molecule has 86 valence electrons. The third-order valence-electron chi connectivity index (χ3n) is 2.52. The molecule has 0 aromatic rings. The normalized spacial score (nSPS) is 18.2. The quantitative estimate of drug-likeness (QED) is 0.701. The van der Waals surface area contributed by atoms with Crippen molar-refractivity contribution in [3.05, 3.63) is 70.2 Å². The summed E-state index contributed by atoms with van der Waals surface area (Å²) in [5.74, 6) is 1.04. The van der Waals surface area contributed by atoms with E-state index in [1.165, 1.54) is 10.5 Å². The van der Waals surface area contributed by atoms with Crippen molar-refractivity contribution in [1.29, 1.82) is 0 Å². The molecule has 0 fully saturated rings. The SMILES string of the molecule is CCSC1=CC=CC=C2C=C(C=O)C=CC=C21. The van der Waals surface area contributed by atoms with Crippen LogP contribution < -0.4 is 0 Å². The van der Waals surface area contributed by atoms with Gasteiger partial charge in [0.05, 0.1) is 0 Å². The van der Waals surface area contributed by atoms with Crippen LogP contribution in [0, 0.1) is 0 Å². The lowest BCUT2D eigenvalue weighted by atomic mass is 10.0. The number of hydrogen-bond donors (Lipinski definition) is 0. The molecule has 2 rings (SSSR count). The van der Waals surface area contributed by atoms with Gasteiger partial charge in [-0.05, 0) is 29.1 Å². The monoisotopic (exact) mass is 242 g/mol. The van der Waals surface area contributed by atoms with E-state index in [2.05, 4.69) is 19.1 Å². The molecule has 0 heterocycles. The van der Waals surface area contributed by atoms with Crippen molar-refractivity contribution in [1.82, 2.24) is 0 Å². The Morgan fingerprint density at radius 1 is 1.18 bits per heavy atom. The van der Waals surface area contributed by atoms with E-state index in [0.29, 0.717) is 5.57 Å². The maximum atomic E-state index is 10.9. The van der Waals surface area contributed by atoms with Crippen LogP contribution in [0.2, 0.25) is 0 Å². The highest BCUT2D eigenvalue weighted by atomic mass is 32.2. The number of thioether (sulfide) groups is 1. The summed E-state index contributed by atoms with van der Waals surface area (Å²) in [6, 6.07) is 0. The smallest absolute Gasteiger partial charge is 0.150 e. The van der Waals surface area contributed by atoms with E-state index >= 15 is 0 Å². The number of hydrogen-bond acceptors (Lipinski definition) is 2. The lowest BCUT2D eigenvalue weighted by molar-refractivity contribution is -0.104. The Hall–Kier alpha value is -1.54. The molecule has 0 saturated carbocycles. The van der Waals surface area contributed by atoms with Crippen molar-refractivity contribution >= 4 is 18.0 Å². The molecule has 0 aliphatic heterocycles. The molecule has 0 bridgehead atoms. The summed E-state index contributed by atoms with van der Waals surface area (Å²) in [4.78, 5) is 12.1. The number of aldehydes is 1. The maximum Gasteiger partial charge on any atom is 0.150 e. The predicted molar refractivity (Wildman–Crippen MR) is 74.8 cm³/mol. The van der Waals surface area contributed by atoms with Gasteiger partial charge in [-0.2, -0.15) is 0 Å². The number of rotatable bonds is 3. The van der Waals surface area contributed by atoms with Gasteiger partial charge in [-0.25, -0.2) is 0 Å². The van der Waals surface area contributed by atoms with Gasteiger partial charge in [0.25, 0.3) is 0 Å². The van der Waals surface area contributed by atoms with Gasteiger partial charge >= 0.3 is 0 Å². The third kappa shape index (κ3) is 2.77. The minimum Gasteiger partial charge on any atom is -0.298 e. The van der Waals surface area contributed by atoms with E-state index in [9.17, 15) is 4.79 Å². The molecule has 0 saturated heterocycles. The first-order chi connectivity index (χ1) is 8.35. The van der Waals surface area contributed by atoms with Gasteiger partial charge in [0.15, 0.2) is 0 Å². The Kier molecular flexibility index (Phi) is 3.99. The number of carbonyl (C=O) groups is 1. The number of allylic oxidation sites excluding steroid dienone is 11. The Labute approximate surface area is 106 Å². The van der Waals surface area contributed by atoms with Crippen LogP contribution >= 0.6 is 11.8 Å². The zero-order valence-corrected chi connectivity index (χ0v) is 10.5. The van der Waals surface area contributed by atoms with Gasteiger partial charge in [-0.3, -0.25) is 4.79 Å². The molecule has 0 radical (unpaired) electrons. The third-order valence-corrected chi connectivity index (χ3v) is 3.48.